The number of piperidine rings is 1. The minimum absolute atomic E-state index is 0.0398. The first kappa shape index (κ1) is 20.1. The molecule has 162 valence electrons. The van der Waals surface area contributed by atoms with Crippen LogP contribution < -0.4 is 10.9 Å². The number of anilines is 1. The standard InChI is InChI=1S/C23H28N6O2/c30-22-13-18-16-31-12-8-21(18)27-29(22)11-10-28-9-4-3-6-19(28)15-24-23-20-7-2-1-5-17(20)14-25-26-23/h1-2,5,7,13-14,19H,3-4,6,8-12,15-16H2,(H,24,26). The maximum absolute atomic E-state index is 12.5. The number of ether oxygens (including phenoxy) is 1. The first-order chi connectivity index (χ1) is 15.3. The lowest BCUT2D eigenvalue weighted by atomic mass is 10.0. The Kier molecular flexibility index (Phi) is 5.90. The summed E-state index contributed by atoms with van der Waals surface area (Å²) < 4.78 is 7.06. The fourth-order valence-corrected chi connectivity index (χ4v) is 4.59. The van der Waals surface area contributed by atoms with Crippen molar-refractivity contribution in [1.29, 1.82) is 0 Å². The van der Waals surface area contributed by atoms with Crippen molar-refractivity contribution in [2.45, 2.75) is 44.9 Å². The van der Waals surface area contributed by atoms with E-state index in [2.05, 4.69) is 37.6 Å². The molecule has 2 aromatic heterocycles. The van der Waals surface area contributed by atoms with Crippen LogP contribution in [0.1, 0.15) is 30.5 Å². The van der Waals surface area contributed by atoms with E-state index in [9.17, 15) is 4.79 Å². The van der Waals surface area contributed by atoms with Crippen LogP contribution in [0.15, 0.2) is 41.3 Å². The van der Waals surface area contributed by atoms with Gasteiger partial charge in [0.1, 0.15) is 0 Å². The zero-order valence-corrected chi connectivity index (χ0v) is 17.7. The minimum Gasteiger partial charge on any atom is -0.376 e. The number of rotatable bonds is 6. The third-order valence-corrected chi connectivity index (χ3v) is 6.33. The summed E-state index contributed by atoms with van der Waals surface area (Å²) in [6.07, 6.45) is 6.12. The van der Waals surface area contributed by atoms with Gasteiger partial charge in [-0.15, -0.1) is 5.10 Å². The molecule has 4 heterocycles. The quantitative estimate of drug-likeness (QED) is 0.654. The van der Waals surface area contributed by atoms with Gasteiger partial charge in [0.2, 0.25) is 0 Å². The number of hydrogen-bond acceptors (Lipinski definition) is 7. The van der Waals surface area contributed by atoms with E-state index in [1.165, 1.54) is 12.8 Å². The fraction of sp³-hybridized carbons (Fsp3) is 0.478. The van der Waals surface area contributed by atoms with Gasteiger partial charge in [0, 0.05) is 48.0 Å². The minimum atomic E-state index is -0.0398. The first-order valence-electron chi connectivity index (χ1n) is 11.1. The van der Waals surface area contributed by atoms with Crippen molar-refractivity contribution < 1.29 is 4.74 Å². The molecule has 5 rings (SSSR count). The monoisotopic (exact) mass is 420 g/mol. The summed E-state index contributed by atoms with van der Waals surface area (Å²) in [6, 6.07) is 10.3. The molecular weight excluding hydrogens is 392 g/mol. The van der Waals surface area contributed by atoms with Gasteiger partial charge in [0.25, 0.3) is 5.56 Å². The van der Waals surface area contributed by atoms with Crippen molar-refractivity contribution in [3.05, 3.63) is 58.1 Å². The highest BCUT2D eigenvalue weighted by atomic mass is 16.5. The van der Waals surface area contributed by atoms with Crippen LogP contribution in [-0.2, 0) is 24.3 Å². The van der Waals surface area contributed by atoms with Crippen LogP contribution >= 0.6 is 0 Å². The van der Waals surface area contributed by atoms with Crippen molar-refractivity contribution >= 4 is 16.6 Å². The Labute approximate surface area is 181 Å². The number of hydrogen-bond donors (Lipinski definition) is 1. The normalized spacial score (nSPS) is 19.3. The van der Waals surface area contributed by atoms with Crippen LogP contribution in [0.5, 0.6) is 0 Å². The average molecular weight is 421 g/mol. The third-order valence-electron chi connectivity index (χ3n) is 6.33. The molecule has 0 bridgehead atoms. The highest BCUT2D eigenvalue weighted by Gasteiger charge is 2.23. The van der Waals surface area contributed by atoms with Crippen LogP contribution in [0, 0.1) is 0 Å². The molecule has 1 saturated heterocycles. The number of fused-ring (bicyclic) bond motifs is 2. The van der Waals surface area contributed by atoms with E-state index in [0.29, 0.717) is 25.8 Å². The summed E-state index contributed by atoms with van der Waals surface area (Å²) in [5.74, 6) is 0.832. The zero-order valence-electron chi connectivity index (χ0n) is 17.7. The van der Waals surface area contributed by atoms with Gasteiger partial charge in [-0.3, -0.25) is 9.69 Å². The van der Waals surface area contributed by atoms with Gasteiger partial charge in [0.15, 0.2) is 5.82 Å². The Morgan fingerprint density at radius 3 is 3.10 bits per heavy atom. The third kappa shape index (κ3) is 4.45. The molecule has 3 aromatic rings. The summed E-state index contributed by atoms with van der Waals surface area (Å²) >= 11 is 0. The molecule has 0 aliphatic carbocycles. The van der Waals surface area contributed by atoms with E-state index in [0.717, 1.165) is 60.3 Å². The summed E-state index contributed by atoms with van der Waals surface area (Å²) in [7, 11) is 0. The van der Waals surface area contributed by atoms with E-state index in [4.69, 9.17) is 4.74 Å². The molecule has 2 aliphatic heterocycles. The van der Waals surface area contributed by atoms with E-state index < -0.39 is 0 Å². The van der Waals surface area contributed by atoms with Crippen LogP contribution in [0.2, 0.25) is 0 Å². The molecule has 8 heteroatoms. The maximum atomic E-state index is 12.5. The second kappa shape index (κ2) is 9.11. The molecule has 1 unspecified atom stereocenters. The highest BCUT2D eigenvalue weighted by Crippen LogP contribution is 2.22. The lowest BCUT2D eigenvalue weighted by molar-refractivity contribution is 0.107. The predicted octanol–water partition coefficient (Wildman–Crippen LogP) is 2.23. The summed E-state index contributed by atoms with van der Waals surface area (Å²) in [6.45, 7) is 4.45. The Bertz CT molecular complexity index is 1110. The molecule has 31 heavy (non-hydrogen) atoms. The summed E-state index contributed by atoms with van der Waals surface area (Å²) in [5.41, 5.74) is 1.89. The Balaban J connectivity index is 1.25. The smallest absolute Gasteiger partial charge is 0.267 e. The van der Waals surface area contributed by atoms with Crippen molar-refractivity contribution in [3.8, 4) is 0 Å². The van der Waals surface area contributed by atoms with Gasteiger partial charge in [-0.25, -0.2) is 4.68 Å². The number of aromatic nitrogens is 4. The first-order valence-corrected chi connectivity index (χ1v) is 11.1. The number of likely N-dealkylation sites (tertiary alicyclic amines) is 1. The highest BCUT2D eigenvalue weighted by molar-refractivity contribution is 5.90. The summed E-state index contributed by atoms with van der Waals surface area (Å²) in [5, 5.41) is 18.8. The van der Waals surface area contributed by atoms with Crippen molar-refractivity contribution in [2.75, 3.05) is 31.6 Å². The molecule has 1 N–H and O–H groups in total. The van der Waals surface area contributed by atoms with Crippen LogP contribution in [0.4, 0.5) is 5.82 Å². The van der Waals surface area contributed by atoms with Gasteiger partial charge >= 0.3 is 0 Å². The second-order valence-electron chi connectivity index (χ2n) is 8.33. The van der Waals surface area contributed by atoms with Gasteiger partial charge in [-0.05, 0) is 19.4 Å². The lowest BCUT2D eigenvalue weighted by Crippen LogP contribution is -2.46. The molecule has 0 saturated carbocycles. The number of nitrogens with one attached hydrogen (secondary N) is 1. The van der Waals surface area contributed by atoms with Crippen LogP contribution in [-0.4, -0.2) is 57.2 Å². The Hall–Kier alpha value is -2.84. The number of nitrogens with zero attached hydrogens (tertiary/aromatic N) is 5. The average Bonchev–Trinajstić information content (AvgIpc) is 2.82. The Morgan fingerprint density at radius 2 is 2.13 bits per heavy atom. The predicted molar refractivity (Wildman–Crippen MR) is 119 cm³/mol. The van der Waals surface area contributed by atoms with E-state index in [1.807, 2.05) is 12.1 Å². The largest absolute Gasteiger partial charge is 0.376 e. The molecular formula is C23H28N6O2. The lowest BCUT2D eigenvalue weighted by Gasteiger charge is -2.36. The SMILES string of the molecule is O=c1cc2c(nn1CCN1CCCCC1CNc1nncc3ccccc13)CCOC2. The van der Waals surface area contributed by atoms with Gasteiger partial charge in [0.05, 0.1) is 31.6 Å². The van der Waals surface area contributed by atoms with Crippen LogP contribution in [0.3, 0.4) is 0 Å². The van der Waals surface area contributed by atoms with E-state index >= 15 is 0 Å². The topological polar surface area (TPSA) is 85.2 Å². The van der Waals surface area contributed by atoms with Crippen molar-refractivity contribution in [1.82, 2.24) is 24.9 Å². The van der Waals surface area contributed by atoms with Crippen molar-refractivity contribution in [2.24, 2.45) is 0 Å². The molecule has 2 aliphatic rings. The molecule has 8 nitrogen and oxygen atoms in total. The van der Waals surface area contributed by atoms with Gasteiger partial charge in [-0.2, -0.15) is 10.2 Å². The van der Waals surface area contributed by atoms with Crippen molar-refractivity contribution in [3.63, 3.8) is 0 Å². The van der Waals surface area contributed by atoms with E-state index in [1.54, 1.807) is 16.9 Å². The Morgan fingerprint density at radius 1 is 1.19 bits per heavy atom. The second-order valence-corrected chi connectivity index (χ2v) is 8.33. The molecule has 1 aromatic carbocycles. The molecule has 0 amide bonds. The fourth-order valence-electron chi connectivity index (χ4n) is 4.59. The summed E-state index contributed by atoms with van der Waals surface area (Å²) in [4.78, 5) is 15.0. The molecule has 0 radical (unpaired) electrons. The number of benzene rings is 1. The zero-order chi connectivity index (χ0) is 21.0. The van der Waals surface area contributed by atoms with Gasteiger partial charge < -0.3 is 10.1 Å². The van der Waals surface area contributed by atoms with E-state index in [-0.39, 0.29) is 5.56 Å². The maximum Gasteiger partial charge on any atom is 0.267 e. The van der Waals surface area contributed by atoms with Crippen LogP contribution in [0.25, 0.3) is 10.8 Å². The molecule has 1 fully saturated rings. The molecule has 1 atom stereocenters. The van der Waals surface area contributed by atoms with Gasteiger partial charge in [-0.1, -0.05) is 30.7 Å². The molecule has 0 spiro atoms.